The zero-order valence-corrected chi connectivity index (χ0v) is 12.1. The summed E-state index contributed by atoms with van der Waals surface area (Å²) in [7, 11) is 1.91. The quantitative estimate of drug-likeness (QED) is 0.928. The van der Waals surface area contributed by atoms with Crippen molar-refractivity contribution in [3.05, 3.63) is 53.3 Å². The van der Waals surface area contributed by atoms with Crippen molar-refractivity contribution in [3.8, 4) is 0 Å². The third-order valence-electron chi connectivity index (χ3n) is 4.19. The van der Waals surface area contributed by atoms with Crippen LogP contribution in [0.4, 0.5) is 0 Å². The van der Waals surface area contributed by atoms with Crippen molar-refractivity contribution in [3.63, 3.8) is 0 Å². The van der Waals surface area contributed by atoms with Crippen molar-refractivity contribution < 1.29 is 9.90 Å². The molecule has 5 heteroatoms. The molecule has 0 saturated heterocycles. The summed E-state index contributed by atoms with van der Waals surface area (Å²) in [5, 5.41) is 13.8. The Balaban J connectivity index is 1.79. The molecule has 0 radical (unpaired) electrons. The van der Waals surface area contributed by atoms with Gasteiger partial charge in [0.2, 0.25) is 0 Å². The van der Waals surface area contributed by atoms with E-state index in [2.05, 4.69) is 10.00 Å². The first-order valence-corrected chi connectivity index (χ1v) is 7.18. The number of carbonyl (C=O) groups is 1. The fourth-order valence-corrected chi connectivity index (χ4v) is 3.05. The maximum absolute atomic E-state index is 11.7. The minimum Gasteiger partial charge on any atom is -0.480 e. The van der Waals surface area contributed by atoms with Gasteiger partial charge in [-0.3, -0.25) is 14.4 Å². The highest BCUT2D eigenvalue weighted by atomic mass is 16.4. The maximum Gasteiger partial charge on any atom is 0.325 e. The van der Waals surface area contributed by atoms with Crippen LogP contribution in [-0.2, 0) is 24.7 Å². The van der Waals surface area contributed by atoms with E-state index < -0.39 is 12.0 Å². The number of fused-ring (bicyclic) bond motifs is 1. The second kappa shape index (κ2) is 5.69. The van der Waals surface area contributed by atoms with E-state index in [1.54, 1.807) is 6.20 Å². The molecular formula is C16H19N3O2. The summed E-state index contributed by atoms with van der Waals surface area (Å²) < 4.78 is 1.84. The molecule has 1 N–H and O–H groups in total. The van der Waals surface area contributed by atoms with Crippen LogP contribution in [0.15, 0.2) is 36.5 Å². The summed E-state index contributed by atoms with van der Waals surface area (Å²) in [6.07, 6.45) is 3.49. The molecule has 1 aliphatic rings. The Labute approximate surface area is 123 Å². The number of aromatic nitrogens is 2. The highest BCUT2D eigenvalue weighted by molar-refractivity contribution is 5.76. The molecule has 0 fully saturated rings. The van der Waals surface area contributed by atoms with Crippen LogP contribution in [0.5, 0.6) is 0 Å². The zero-order valence-electron chi connectivity index (χ0n) is 12.1. The monoisotopic (exact) mass is 285 g/mol. The van der Waals surface area contributed by atoms with E-state index in [0.29, 0.717) is 0 Å². The molecule has 3 rings (SSSR count). The van der Waals surface area contributed by atoms with Gasteiger partial charge in [0.05, 0.1) is 0 Å². The number of benzene rings is 1. The summed E-state index contributed by atoms with van der Waals surface area (Å²) in [5.74, 6) is -0.771. The molecular weight excluding hydrogens is 266 g/mol. The number of aliphatic carboxylic acids is 1. The van der Waals surface area contributed by atoms with E-state index in [0.717, 1.165) is 42.8 Å². The summed E-state index contributed by atoms with van der Waals surface area (Å²) in [5.41, 5.74) is 3.21. The highest BCUT2D eigenvalue weighted by Crippen LogP contribution is 2.29. The summed E-state index contributed by atoms with van der Waals surface area (Å²) in [4.78, 5) is 13.7. The highest BCUT2D eigenvalue weighted by Gasteiger charge is 2.32. The van der Waals surface area contributed by atoms with Crippen LogP contribution >= 0.6 is 0 Å². The van der Waals surface area contributed by atoms with Crippen molar-refractivity contribution in [2.45, 2.75) is 18.9 Å². The topological polar surface area (TPSA) is 58.4 Å². The van der Waals surface area contributed by atoms with Gasteiger partial charge in [-0.15, -0.1) is 0 Å². The van der Waals surface area contributed by atoms with Gasteiger partial charge in [0.15, 0.2) is 0 Å². The van der Waals surface area contributed by atoms with Crippen LogP contribution in [0, 0.1) is 0 Å². The average Bonchev–Trinajstić information content (AvgIpc) is 2.89. The summed E-state index contributed by atoms with van der Waals surface area (Å²) in [6, 6.07) is 9.30. The van der Waals surface area contributed by atoms with Gasteiger partial charge in [-0.25, -0.2) is 0 Å². The van der Waals surface area contributed by atoms with Gasteiger partial charge in [-0.2, -0.15) is 5.10 Å². The van der Waals surface area contributed by atoms with Crippen LogP contribution in [0.3, 0.4) is 0 Å². The molecule has 0 aliphatic carbocycles. The van der Waals surface area contributed by atoms with Crippen LogP contribution in [0.1, 0.15) is 22.9 Å². The smallest absolute Gasteiger partial charge is 0.325 e. The lowest BCUT2D eigenvalue weighted by molar-refractivity contribution is -0.144. The molecule has 21 heavy (non-hydrogen) atoms. The molecule has 2 aromatic rings. The van der Waals surface area contributed by atoms with Gasteiger partial charge >= 0.3 is 5.97 Å². The van der Waals surface area contributed by atoms with E-state index in [9.17, 15) is 9.90 Å². The van der Waals surface area contributed by atoms with Crippen LogP contribution in [0.2, 0.25) is 0 Å². The largest absolute Gasteiger partial charge is 0.480 e. The van der Waals surface area contributed by atoms with Crippen LogP contribution in [0.25, 0.3) is 0 Å². The molecule has 0 amide bonds. The van der Waals surface area contributed by atoms with E-state index in [-0.39, 0.29) is 0 Å². The predicted molar refractivity (Wildman–Crippen MR) is 79.0 cm³/mol. The normalized spacial score (nSPS) is 18.4. The van der Waals surface area contributed by atoms with E-state index in [1.807, 2.05) is 42.1 Å². The molecule has 1 aliphatic heterocycles. The minimum atomic E-state index is -0.771. The fraction of sp³-hybridized carbons (Fsp3) is 0.375. The lowest BCUT2D eigenvalue weighted by Crippen LogP contribution is -2.40. The molecule has 110 valence electrons. The first-order valence-electron chi connectivity index (χ1n) is 7.18. The lowest BCUT2D eigenvalue weighted by atomic mass is 9.92. The molecule has 0 spiro atoms. The molecule has 1 atom stereocenters. The van der Waals surface area contributed by atoms with Crippen molar-refractivity contribution in [1.29, 1.82) is 0 Å². The van der Waals surface area contributed by atoms with E-state index >= 15 is 0 Å². The molecule has 1 unspecified atom stereocenters. The van der Waals surface area contributed by atoms with Gasteiger partial charge in [0.25, 0.3) is 0 Å². The summed E-state index contributed by atoms with van der Waals surface area (Å²) >= 11 is 0. The zero-order chi connectivity index (χ0) is 14.8. The number of carboxylic acid groups (broad SMARTS) is 1. The Kier molecular flexibility index (Phi) is 3.75. The average molecular weight is 285 g/mol. The minimum absolute atomic E-state index is 0.539. The van der Waals surface area contributed by atoms with Crippen LogP contribution in [-0.4, -0.2) is 38.8 Å². The van der Waals surface area contributed by atoms with Crippen molar-refractivity contribution in [2.24, 2.45) is 7.05 Å². The molecule has 2 heterocycles. The van der Waals surface area contributed by atoms with Crippen LogP contribution < -0.4 is 0 Å². The van der Waals surface area contributed by atoms with Gasteiger partial charge in [0.1, 0.15) is 6.04 Å². The van der Waals surface area contributed by atoms with Crippen molar-refractivity contribution in [2.75, 3.05) is 13.1 Å². The van der Waals surface area contributed by atoms with Gasteiger partial charge in [-0.05, 0) is 23.6 Å². The van der Waals surface area contributed by atoms with Gasteiger partial charge in [-0.1, -0.05) is 24.3 Å². The summed E-state index contributed by atoms with van der Waals surface area (Å²) in [6.45, 7) is 1.51. The Morgan fingerprint density at radius 3 is 2.90 bits per heavy atom. The molecule has 5 nitrogen and oxygen atoms in total. The Morgan fingerprint density at radius 2 is 2.19 bits per heavy atom. The number of aryl methyl sites for hydroxylation is 1. The second-order valence-corrected chi connectivity index (χ2v) is 5.42. The number of carboxylic acids is 1. The lowest BCUT2D eigenvalue weighted by Gasteiger charge is -2.34. The first kappa shape index (κ1) is 13.8. The Morgan fingerprint density at radius 1 is 1.38 bits per heavy atom. The third kappa shape index (κ3) is 2.69. The first-order chi connectivity index (χ1) is 10.2. The molecule has 1 aromatic heterocycles. The van der Waals surface area contributed by atoms with Crippen molar-refractivity contribution in [1.82, 2.24) is 14.7 Å². The number of rotatable bonds is 4. The Hall–Kier alpha value is -2.14. The predicted octanol–water partition coefficient (Wildman–Crippen LogP) is 1.65. The number of hydrogen-bond donors (Lipinski definition) is 1. The molecule has 0 bridgehead atoms. The standard InChI is InChI=1S/C16H19N3O2/c1-18-13(6-9-17-18)8-11-19-10-7-12-4-2-3-5-14(12)15(19)16(20)21/h2-6,9,15H,7-8,10-11H2,1H3,(H,20,21). The Bertz CT molecular complexity index is 650. The van der Waals surface area contributed by atoms with Crippen molar-refractivity contribution >= 4 is 5.97 Å². The van der Waals surface area contributed by atoms with Gasteiger partial charge in [0, 0.05) is 38.4 Å². The maximum atomic E-state index is 11.7. The second-order valence-electron chi connectivity index (χ2n) is 5.42. The molecule has 1 aromatic carbocycles. The molecule has 0 saturated carbocycles. The SMILES string of the molecule is Cn1nccc1CCN1CCc2ccccc2C1C(=O)O. The number of nitrogens with zero attached hydrogens (tertiary/aromatic N) is 3. The van der Waals surface area contributed by atoms with Gasteiger partial charge < -0.3 is 5.11 Å². The number of hydrogen-bond acceptors (Lipinski definition) is 3. The fourth-order valence-electron chi connectivity index (χ4n) is 3.05. The van der Waals surface area contributed by atoms with E-state index in [1.165, 1.54) is 0 Å². The van der Waals surface area contributed by atoms with E-state index in [4.69, 9.17) is 0 Å². The third-order valence-corrected chi connectivity index (χ3v) is 4.19.